The Morgan fingerprint density at radius 1 is 1.39 bits per heavy atom. The van der Waals surface area contributed by atoms with Crippen LogP contribution in [-0.2, 0) is 11.3 Å². The molecule has 0 aliphatic carbocycles. The van der Waals surface area contributed by atoms with E-state index in [4.69, 9.17) is 4.74 Å². The Kier molecular flexibility index (Phi) is 8.10. The number of hydrogen-bond acceptors (Lipinski definition) is 5. The maximum absolute atomic E-state index is 12.5. The van der Waals surface area contributed by atoms with Gasteiger partial charge in [0.05, 0.1) is 18.3 Å². The van der Waals surface area contributed by atoms with Gasteiger partial charge in [0.2, 0.25) is 0 Å². The third-order valence-corrected chi connectivity index (χ3v) is 5.42. The van der Waals surface area contributed by atoms with Gasteiger partial charge in [0.15, 0.2) is 5.96 Å². The first kappa shape index (κ1) is 22.5. The molecule has 1 aliphatic rings. The minimum Gasteiger partial charge on any atom is -0.444 e. The van der Waals surface area contributed by atoms with E-state index in [-0.39, 0.29) is 12.1 Å². The summed E-state index contributed by atoms with van der Waals surface area (Å²) in [5, 5.41) is 9.82. The van der Waals surface area contributed by atoms with Crippen LogP contribution in [0.5, 0.6) is 0 Å². The first-order valence-electron chi connectivity index (χ1n) is 10.1. The minimum atomic E-state index is -0.480. The van der Waals surface area contributed by atoms with Crippen LogP contribution < -0.4 is 10.6 Å². The molecule has 0 aromatic carbocycles. The fraction of sp³-hybridized carbons (Fsp3) is 0.750. The molecule has 1 aliphatic heterocycles. The lowest BCUT2D eigenvalue weighted by Gasteiger charge is -2.37. The molecule has 28 heavy (non-hydrogen) atoms. The number of carbonyl (C=O) groups is 1. The van der Waals surface area contributed by atoms with Gasteiger partial charge in [-0.1, -0.05) is 13.8 Å². The fourth-order valence-corrected chi connectivity index (χ4v) is 3.93. The molecule has 0 radical (unpaired) electrons. The summed E-state index contributed by atoms with van der Waals surface area (Å²) >= 11 is 1.66. The molecule has 1 atom stereocenters. The van der Waals surface area contributed by atoms with E-state index in [1.807, 2.05) is 25.7 Å². The van der Waals surface area contributed by atoms with Gasteiger partial charge in [-0.15, -0.1) is 11.3 Å². The monoisotopic (exact) mass is 409 g/mol. The van der Waals surface area contributed by atoms with Crippen molar-refractivity contribution < 1.29 is 9.53 Å². The van der Waals surface area contributed by atoms with Crippen molar-refractivity contribution in [3.63, 3.8) is 0 Å². The summed E-state index contributed by atoms with van der Waals surface area (Å²) in [7, 11) is 1.75. The Hall–Kier alpha value is -1.83. The Morgan fingerprint density at radius 3 is 2.75 bits per heavy atom. The van der Waals surface area contributed by atoms with Crippen LogP contribution in [0.15, 0.2) is 10.4 Å². The van der Waals surface area contributed by atoms with Crippen LogP contribution in [0.2, 0.25) is 0 Å². The van der Waals surface area contributed by atoms with Gasteiger partial charge in [-0.25, -0.2) is 9.78 Å². The van der Waals surface area contributed by atoms with E-state index >= 15 is 0 Å². The smallest absolute Gasteiger partial charge is 0.410 e. The van der Waals surface area contributed by atoms with E-state index in [1.165, 1.54) is 0 Å². The van der Waals surface area contributed by atoms with Crippen LogP contribution >= 0.6 is 11.3 Å². The first-order chi connectivity index (χ1) is 13.2. The molecule has 158 valence electrons. The van der Waals surface area contributed by atoms with E-state index in [9.17, 15) is 4.79 Å². The molecule has 1 unspecified atom stereocenters. The van der Waals surface area contributed by atoms with Gasteiger partial charge in [-0.2, -0.15) is 0 Å². The summed E-state index contributed by atoms with van der Waals surface area (Å²) < 4.78 is 5.57. The number of aromatic nitrogens is 1. The molecule has 0 bridgehead atoms. The fourth-order valence-electron chi connectivity index (χ4n) is 3.04. The van der Waals surface area contributed by atoms with Crippen LogP contribution in [0.4, 0.5) is 4.79 Å². The molecular formula is C20H35N5O2S. The van der Waals surface area contributed by atoms with Crippen LogP contribution in [0.3, 0.4) is 0 Å². The number of carbonyl (C=O) groups excluding carboxylic acids is 1. The van der Waals surface area contributed by atoms with E-state index in [0.29, 0.717) is 19.0 Å². The Balaban J connectivity index is 1.86. The Morgan fingerprint density at radius 2 is 2.14 bits per heavy atom. The molecular weight excluding hydrogens is 374 g/mol. The molecule has 2 N–H and O–H groups in total. The second kappa shape index (κ2) is 10.1. The average Bonchev–Trinajstić information content (AvgIpc) is 3.10. The number of likely N-dealkylation sites (tertiary alicyclic amines) is 1. The number of guanidine groups is 1. The van der Waals surface area contributed by atoms with E-state index in [1.54, 1.807) is 18.4 Å². The van der Waals surface area contributed by atoms with Crippen molar-refractivity contribution in [3.8, 4) is 0 Å². The average molecular weight is 410 g/mol. The zero-order chi connectivity index (χ0) is 20.7. The molecule has 2 heterocycles. The second-order valence-electron chi connectivity index (χ2n) is 8.45. The van der Waals surface area contributed by atoms with Crippen molar-refractivity contribution in [2.45, 2.75) is 78.0 Å². The number of nitrogens with one attached hydrogen (secondary N) is 2. The third-order valence-electron chi connectivity index (χ3n) is 4.55. The highest BCUT2D eigenvalue weighted by atomic mass is 32.1. The molecule has 1 aromatic rings. The van der Waals surface area contributed by atoms with E-state index in [2.05, 4.69) is 39.8 Å². The van der Waals surface area contributed by atoms with E-state index < -0.39 is 5.60 Å². The SMILES string of the molecule is CN=C(NCc1nc(C(C)C)cs1)NCC1CCCCN1C(=O)OC(C)(C)C. The number of nitrogens with zero attached hydrogens (tertiary/aromatic N) is 3. The lowest BCUT2D eigenvalue weighted by atomic mass is 10.0. The topological polar surface area (TPSA) is 78.9 Å². The van der Waals surface area contributed by atoms with Gasteiger partial charge in [0.25, 0.3) is 0 Å². The molecule has 0 saturated carbocycles. The molecule has 1 aromatic heterocycles. The van der Waals surface area contributed by atoms with Crippen molar-refractivity contribution >= 4 is 23.4 Å². The Bertz CT molecular complexity index is 666. The normalized spacial score (nSPS) is 18.3. The van der Waals surface area contributed by atoms with Gasteiger partial charge in [0, 0.05) is 25.5 Å². The first-order valence-corrected chi connectivity index (χ1v) is 11.0. The number of thiazole rings is 1. The van der Waals surface area contributed by atoms with Gasteiger partial charge < -0.3 is 20.3 Å². The minimum absolute atomic E-state index is 0.106. The molecule has 1 saturated heterocycles. The number of ether oxygens (including phenoxy) is 1. The number of rotatable bonds is 5. The molecule has 2 rings (SSSR count). The third kappa shape index (κ3) is 6.96. The standard InChI is InChI=1S/C20H35N5O2S/c1-14(2)16-13-28-17(24-16)12-23-18(21-6)22-11-15-9-7-8-10-25(15)19(26)27-20(3,4)5/h13-15H,7-12H2,1-6H3,(H2,21,22,23). The van der Waals surface area contributed by atoms with Gasteiger partial charge in [-0.05, 0) is 46.0 Å². The molecule has 8 heteroatoms. The maximum atomic E-state index is 12.5. The molecule has 1 fully saturated rings. The summed E-state index contributed by atoms with van der Waals surface area (Å²) in [5.74, 6) is 1.16. The lowest BCUT2D eigenvalue weighted by molar-refractivity contribution is 0.0104. The summed E-state index contributed by atoms with van der Waals surface area (Å²) in [6, 6.07) is 0.106. The highest BCUT2D eigenvalue weighted by Crippen LogP contribution is 2.20. The largest absolute Gasteiger partial charge is 0.444 e. The number of amides is 1. The summed E-state index contributed by atoms with van der Waals surface area (Å²) in [6.45, 7) is 12.0. The maximum Gasteiger partial charge on any atom is 0.410 e. The van der Waals surface area contributed by atoms with Crippen molar-refractivity contribution in [1.82, 2.24) is 20.5 Å². The molecule has 7 nitrogen and oxygen atoms in total. The molecule has 1 amide bonds. The summed E-state index contributed by atoms with van der Waals surface area (Å²) in [4.78, 5) is 23.3. The molecule has 0 spiro atoms. The van der Waals surface area contributed by atoms with Gasteiger partial charge in [0.1, 0.15) is 10.6 Å². The van der Waals surface area contributed by atoms with Gasteiger partial charge >= 0.3 is 6.09 Å². The quantitative estimate of drug-likeness (QED) is 0.572. The van der Waals surface area contributed by atoms with E-state index in [0.717, 1.165) is 42.5 Å². The lowest BCUT2D eigenvalue weighted by Crippen LogP contribution is -2.52. The predicted molar refractivity (Wildman–Crippen MR) is 115 cm³/mol. The van der Waals surface area contributed by atoms with Crippen molar-refractivity contribution in [1.29, 1.82) is 0 Å². The van der Waals surface area contributed by atoms with Gasteiger partial charge in [-0.3, -0.25) is 4.99 Å². The number of hydrogen-bond donors (Lipinski definition) is 2. The summed E-state index contributed by atoms with van der Waals surface area (Å²) in [6.07, 6.45) is 2.87. The zero-order valence-corrected chi connectivity index (χ0v) is 18.9. The van der Waals surface area contributed by atoms with Crippen molar-refractivity contribution in [2.75, 3.05) is 20.1 Å². The summed E-state index contributed by atoms with van der Waals surface area (Å²) in [5.41, 5.74) is 0.645. The van der Waals surface area contributed by atoms with Crippen LogP contribution in [0.25, 0.3) is 0 Å². The zero-order valence-electron chi connectivity index (χ0n) is 18.0. The van der Waals surface area contributed by atoms with Crippen LogP contribution in [0, 0.1) is 0 Å². The van der Waals surface area contributed by atoms with Crippen molar-refractivity contribution in [3.05, 3.63) is 16.1 Å². The van der Waals surface area contributed by atoms with Crippen LogP contribution in [-0.4, -0.2) is 53.7 Å². The second-order valence-corrected chi connectivity index (χ2v) is 9.39. The number of piperidine rings is 1. The Labute approximate surface area is 173 Å². The van der Waals surface area contributed by atoms with Crippen molar-refractivity contribution in [2.24, 2.45) is 4.99 Å². The number of aliphatic imine (C=N–C) groups is 1. The highest BCUT2D eigenvalue weighted by molar-refractivity contribution is 7.09. The highest BCUT2D eigenvalue weighted by Gasteiger charge is 2.30. The van der Waals surface area contributed by atoms with Crippen LogP contribution in [0.1, 0.15) is 70.5 Å². The predicted octanol–water partition coefficient (Wildman–Crippen LogP) is 3.72.